The molecular formula is C18H22N2O3. The predicted molar refractivity (Wildman–Crippen MR) is 88.5 cm³/mol. The van der Waals surface area contributed by atoms with Gasteiger partial charge in [-0.2, -0.15) is 0 Å². The van der Waals surface area contributed by atoms with Gasteiger partial charge in [0.1, 0.15) is 0 Å². The summed E-state index contributed by atoms with van der Waals surface area (Å²) in [6.45, 7) is 4.76. The lowest BCUT2D eigenvalue weighted by Gasteiger charge is -2.24. The maximum atomic E-state index is 13.0. The van der Waals surface area contributed by atoms with Crippen LogP contribution in [0.3, 0.4) is 0 Å². The lowest BCUT2D eigenvalue weighted by Crippen LogP contribution is -2.38. The fourth-order valence-corrected chi connectivity index (χ4v) is 2.99. The zero-order chi connectivity index (χ0) is 16.6. The highest BCUT2D eigenvalue weighted by atomic mass is 16.4. The molecule has 1 fully saturated rings. The number of hydrogen-bond acceptors (Lipinski definition) is 2. The molecule has 122 valence electrons. The van der Waals surface area contributed by atoms with Crippen molar-refractivity contribution in [3.8, 4) is 0 Å². The quantitative estimate of drug-likeness (QED) is 0.891. The van der Waals surface area contributed by atoms with Gasteiger partial charge in [-0.1, -0.05) is 25.1 Å². The third-order valence-electron chi connectivity index (χ3n) is 4.50. The number of para-hydroxylation sites is 1. The second-order valence-electron chi connectivity index (χ2n) is 6.27. The Kier molecular flexibility index (Phi) is 4.11. The first-order valence-corrected chi connectivity index (χ1v) is 8.14. The Morgan fingerprint density at radius 1 is 1.35 bits per heavy atom. The number of nitrogens with zero attached hydrogens (tertiary/aromatic N) is 2. The number of carbonyl (C=O) groups excluding carboxylic acids is 1. The van der Waals surface area contributed by atoms with Crippen molar-refractivity contribution >= 4 is 22.8 Å². The summed E-state index contributed by atoms with van der Waals surface area (Å²) >= 11 is 0. The molecule has 1 aromatic heterocycles. The average molecular weight is 314 g/mol. The third kappa shape index (κ3) is 2.96. The van der Waals surface area contributed by atoms with Crippen LogP contribution in [-0.4, -0.2) is 39.0 Å². The van der Waals surface area contributed by atoms with Gasteiger partial charge in [-0.25, -0.2) is 0 Å². The molecule has 1 unspecified atom stereocenters. The summed E-state index contributed by atoms with van der Waals surface area (Å²) in [7, 11) is 0. The van der Waals surface area contributed by atoms with E-state index >= 15 is 0 Å². The number of hydrogen-bond donors (Lipinski definition) is 1. The second kappa shape index (κ2) is 6.07. The molecule has 5 nitrogen and oxygen atoms in total. The molecule has 1 atom stereocenters. The van der Waals surface area contributed by atoms with Gasteiger partial charge in [0, 0.05) is 36.2 Å². The summed E-state index contributed by atoms with van der Waals surface area (Å²) in [5, 5.41) is 10.1. The molecule has 1 heterocycles. The highest BCUT2D eigenvalue weighted by molar-refractivity contribution is 6.07. The molecule has 0 bridgehead atoms. The van der Waals surface area contributed by atoms with E-state index in [1.807, 2.05) is 37.4 Å². The van der Waals surface area contributed by atoms with Crippen LogP contribution in [0.2, 0.25) is 0 Å². The van der Waals surface area contributed by atoms with Crippen LogP contribution < -0.4 is 0 Å². The Balaban J connectivity index is 1.96. The number of fused-ring (bicyclic) bond motifs is 1. The first-order valence-electron chi connectivity index (χ1n) is 8.14. The van der Waals surface area contributed by atoms with E-state index in [1.165, 1.54) is 0 Å². The molecule has 3 rings (SSSR count). The lowest BCUT2D eigenvalue weighted by atomic mass is 10.1. The molecule has 5 heteroatoms. The predicted octanol–water partition coefficient (Wildman–Crippen LogP) is 2.99. The summed E-state index contributed by atoms with van der Waals surface area (Å²) in [5.74, 6) is -1.47. The van der Waals surface area contributed by atoms with Gasteiger partial charge in [0.25, 0.3) is 5.91 Å². The Morgan fingerprint density at radius 2 is 2.04 bits per heavy atom. The van der Waals surface area contributed by atoms with Crippen molar-refractivity contribution in [2.45, 2.75) is 39.3 Å². The summed E-state index contributed by atoms with van der Waals surface area (Å²) in [4.78, 5) is 26.0. The number of aliphatic carboxylic acids is 1. The summed E-state index contributed by atoms with van der Waals surface area (Å²) in [6, 6.07) is 8.05. The van der Waals surface area contributed by atoms with E-state index in [0.29, 0.717) is 5.56 Å². The zero-order valence-corrected chi connectivity index (χ0v) is 13.5. The number of carboxylic acid groups (broad SMARTS) is 1. The Labute approximate surface area is 135 Å². The molecule has 1 aromatic carbocycles. The van der Waals surface area contributed by atoms with Gasteiger partial charge in [0.2, 0.25) is 0 Å². The zero-order valence-electron chi connectivity index (χ0n) is 13.5. The van der Waals surface area contributed by atoms with Gasteiger partial charge < -0.3 is 14.6 Å². The van der Waals surface area contributed by atoms with Crippen molar-refractivity contribution in [1.29, 1.82) is 0 Å². The molecule has 0 radical (unpaired) electrons. The Hall–Kier alpha value is -2.30. The smallest absolute Gasteiger partial charge is 0.308 e. The summed E-state index contributed by atoms with van der Waals surface area (Å²) in [6.07, 6.45) is 3.82. The molecule has 23 heavy (non-hydrogen) atoms. The topological polar surface area (TPSA) is 62.5 Å². The minimum absolute atomic E-state index is 0.0519. The van der Waals surface area contributed by atoms with Gasteiger partial charge in [-0.3, -0.25) is 9.59 Å². The van der Waals surface area contributed by atoms with Crippen LogP contribution in [0.1, 0.15) is 37.0 Å². The van der Waals surface area contributed by atoms with Gasteiger partial charge in [-0.15, -0.1) is 0 Å². The molecule has 2 aromatic rings. The fourth-order valence-electron chi connectivity index (χ4n) is 2.99. The number of benzene rings is 1. The molecule has 1 saturated carbocycles. The van der Waals surface area contributed by atoms with Crippen molar-refractivity contribution in [3.63, 3.8) is 0 Å². The number of amides is 1. The monoisotopic (exact) mass is 314 g/mol. The second-order valence-corrected chi connectivity index (χ2v) is 6.27. The normalized spacial score (nSPS) is 15.6. The number of aromatic nitrogens is 1. The number of carbonyl (C=O) groups is 2. The van der Waals surface area contributed by atoms with Gasteiger partial charge in [-0.05, 0) is 25.8 Å². The minimum atomic E-state index is -0.862. The maximum absolute atomic E-state index is 13.0. The maximum Gasteiger partial charge on any atom is 0.308 e. The van der Waals surface area contributed by atoms with E-state index in [9.17, 15) is 9.59 Å². The third-order valence-corrected chi connectivity index (χ3v) is 4.50. The van der Waals surface area contributed by atoms with Crippen molar-refractivity contribution < 1.29 is 14.7 Å². The highest BCUT2D eigenvalue weighted by Crippen LogP contribution is 2.31. The van der Waals surface area contributed by atoms with Crippen molar-refractivity contribution in [2.75, 3.05) is 6.54 Å². The van der Waals surface area contributed by atoms with Crippen LogP contribution in [0.4, 0.5) is 0 Å². The van der Waals surface area contributed by atoms with E-state index in [2.05, 4.69) is 4.57 Å². The molecule has 0 spiro atoms. The Bertz CT molecular complexity index is 746. The van der Waals surface area contributed by atoms with Crippen molar-refractivity contribution in [2.24, 2.45) is 5.92 Å². The highest BCUT2D eigenvalue weighted by Gasteiger charge is 2.35. The van der Waals surface area contributed by atoms with E-state index in [-0.39, 0.29) is 18.5 Å². The lowest BCUT2D eigenvalue weighted by molar-refractivity contribution is -0.141. The minimum Gasteiger partial charge on any atom is -0.481 e. The molecule has 1 N–H and O–H groups in total. The van der Waals surface area contributed by atoms with Crippen LogP contribution in [0.5, 0.6) is 0 Å². The van der Waals surface area contributed by atoms with E-state index in [0.717, 1.165) is 30.3 Å². The summed E-state index contributed by atoms with van der Waals surface area (Å²) < 4.78 is 2.06. The standard InChI is InChI=1S/C18H22N2O3/c1-3-19-11-15(14-6-4-5-7-16(14)19)17(21)20(13-8-9-13)10-12(2)18(22)23/h4-7,11-13H,3,8-10H2,1-2H3,(H,22,23). The number of carboxylic acids is 1. The van der Waals surface area contributed by atoms with Crippen molar-refractivity contribution in [3.05, 3.63) is 36.0 Å². The molecule has 1 amide bonds. The fraction of sp³-hybridized carbons (Fsp3) is 0.444. The van der Waals surface area contributed by atoms with E-state index in [1.54, 1.807) is 11.8 Å². The first kappa shape index (κ1) is 15.6. The first-order chi connectivity index (χ1) is 11.0. The van der Waals surface area contributed by atoms with Gasteiger partial charge in [0.15, 0.2) is 0 Å². The van der Waals surface area contributed by atoms with Crippen LogP contribution in [0.15, 0.2) is 30.5 Å². The Morgan fingerprint density at radius 3 is 2.65 bits per heavy atom. The molecular weight excluding hydrogens is 292 g/mol. The van der Waals surface area contributed by atoms with Gasteiger partial charge in [0.05, 0.1) is 11.5 Å². The molecule has 0 aliphatic heterocycles. The largest absolute Gasteiger partial charge is 0.481 e. The van der Waals surface area contributed by atoms with E-state index < -0.39 is 11.9 Å². The molecule has 0 saturated heterocycles. The van der Waals surface area contributed by atoms with Crippen LogP contribution in [0.25, 0.3) is 10.9 Å². The SMILES string of the molecule is CCn1cc(C(=O)N(CC(C)C(=O)O)C2CC2)c2ccccc21. The average Bonchev–Trinajstić information content (AvgIpc) is 3.32. The molecule has 1 aliphatic rings. The van der Waals surface area contributed by atoms with Gasteiger partial charge >= 0.3 is 5.97 Å². The number of aryl methyl sites for hydroxylation is 1. The van der Waals surface area contributed by atoms with Crippen molar-refractivity contribution in [1.82, 2.24) is 9.47 Å². The van der Waals surface area contributed by atoms with Crippen LogP contribution in [0, 0.1) is 5.92 Å². The van der Waals surface area contributed by atoms with E-state index in [4.69, 9.17) is 5.11 Å². The van der Waals surface area contributed by atoms with Crippen LogP contribution >= 0.6 is 0 Å². The van der Waals surface area contributed by atoms with Crippen LogP contribution in [-0.2, 0) is 11.3 Å². The molecule has 1 aliphatic carbocycles. The number of rotatable bonds is 6. The summed E-state index contributed by atoms with van der Waals surface area (Å²) in [5.41, 5.74) is 1.72.